The van der Waals surface area contributed by atoms with Crippen molar-refractivity contribution in [3.05, 3.63) is 188 Å². The molecule has 2 unspecified atom stereocenters. The lowest BCUT2D eigenvalue weighted by atomic mass is 9.91. The minimum atomic E-state index is 0.0145. The standard InChI is InChI=1S/C46H32N2O/c1-3-14-32(15-4-1)47-41-23-11-9-20-37(41)40-30-31(26-28-43(40)47)34-27-29-42(36-19-8-7-18-35(34)36)48(33-16-5-2-6-17-33)44-24-13-22-39-38-21-10-12-25-45(38)49-46(39)44/h1-30,38,45H. The molecule has 2 aliphatic rings. The molecule has 0 bridgehead atoms. The number of benzene rings is 7. The number of hydrogen-bond donors (Lipinski definition) is 0. The predicted molar refractivity (Wildman–Crippen MR) is 204 cm³/mol. The SMILES string of the molecule is C1=CC2Oc3c(cccc3N(c3ccccc3)c3ccc(-c4ccc5c(c4)c4ccccc4n5-c4ccccc4)c4ccccc34)C2C=C1. The summed E-state index contributed by atoms with van der Waals surface area (Å²) in [5.74, 6) is 1.17. The highest BCUT2D eigenvalue weighted by atomic mass is 16.5. The number of anilines is 3. The largest absolute Gasteiger partial charge is 0.483 e. The van der Waals surface area contributed by atoms with Crippen molar-refractivity contribution in [2.45, 2.75) is 12.0 Å². The molecule has 3 heteroatoms. The fraction of sp³-hybridized carbons (Fsp3) is 0.0435. The lowest BCUT2D eigenvalue weighted by Crippen LogP contribution is -2.16. The zero-order chi connectivity index (χ0) is 32.3. The lowest BCUT2D eigenvalue weighted by molar-refractivity contribution is 0.269. The molecule has 10 rings (SSSR count). The lowest BCUT2D eigenvalue weighted by Gasteiger charge is -2.29. The Bertz CT molecular complexity index is 2600. The van der Waals surface area contributed by atoms with Gasteiger partial charge in [-0.1, -0.05) is 121 Å². The molecule has 1 aromatic heterocycles. The number of fused-ring (bicyclic) bond motifs is 7. The minimum absolute atomic E-state index is 0.0145. The Hall–Kier alpha value is -6.32. The van der Waals surface area contributed by atoms with E-state index in [0.717, 1.165) is 22.8 Å². The number of aromatic nitrogens is 1. The molecule has 0 spiro atoms. The maximum atomic E-state index is 6.70. The van der Waals surface area contributed by atoms with Gasteiger partial charge in [-0.15, -0.1) is 0 Å². The highest BCUT2D eigenvalue weighted by Crippen LogP contribution is 2.51. The smallest absolute Gasteiger partial charge is 0.148 e. The third-order valence-electron chi connectivity index (χ3n) is 10.1. The van der Waals surface area contributed by atoms with E-state index < -0.39 is 0 Å². The number of para-hydroxylation sites is 4. The van der Waals surface area contributed by atoms with E-state index in [9.17, 15) is 0 Å². The van der Waals surface area contributed by atoms with Gasteiger partial charge < -0.3 is 14.2 Å². The molecular weight excluding hydrogens is 597 g/mol. The van der Waals surface area contributed by atoms with Crippen molar-refractivity contribution < 1.29 is 4.74 Å². The molecule has 0 saturated carbocycles. The molecule has 0 fully saturated rings. The summed E-state index contributed by atoms with van der Waals surface area (Å²) in [5, 5.41) is 4.89. The Balaban J connectivity index is 1.17. The monoisotopic (exact) mass is 628 g/mol. The maximum Gasteiger partial charge on any atom is 0.148 e. The first-order valence-corrected chi connectivity index (χ1v) is 16.9. The van der Waals surface area contributed by atoms with Crippen LogP contribution in [-0.4, -0.2) is 10.7 Å². The third kappa shape index (κ3) is 4.36. The molecule has 8 aromatic rings. The van der Waals surface area contributed by atoms with Crippen LogP contribution in [0.15, 0.2) is 182 Å². The van der Waals surface area contributed by atoms with Crippen LogP contribution >= 0.6 is 0 Å². The Morgan fingerprint density at radius 3 is 2.08 bits per heavy atom. The van der Waals surface area contributed by atoms with Crippen LogP contribution in [0.5, 0.6) is 5.75 Å². The van der Waals surface area contributed by atoms with Crippen LogP contribution in [0.4, 0.5) is 17.1 Å². The van der Waals surface area contributed by atoms with Crippen LogP contribution in [0.2, 0.25) is 0 Å². The van der Waals surface area contributed by atoms with Crippen molar-refractivity contribution in [3.63, 3.8) is 0 Å². The molecule has 3 nitrogen and oxygen atoms in total. The summed E-state index contributed by atoms with van der Waals surface area (Å²) in [6.07, 6.45) is 8.65. The molecule has 232 valence electrons. The van der Waals surface area contributed by atoms with Gasteiger partial charge in [-0.2, -0.15) is 0 Å². The molecule has 0 radical (unpaired) electrons. The van der Waals surface area contributed by atoms with Crippen LogP contribution in [0, 0.1) is 0 Å². The summed E-state index contributed by atoms with van der Waals surface area (Å²) < 4.78 is 9.07. The second-order valence-corrected chi connectivity index (χ2v) is 12.8. The fourth-order valence-corrected chi connectivity index (χ4v) is 7.94. The number of ether oxygens (including phenoxy) is 1. The first-order chi connectivity index (χ1) is 24.3. The van der Waals surface area contributed by atoms with Gasteiger partial charge in [0.1, 0.15) is 11.9 Å². The van der Waals surface area contributed by atoms with Gasteiger partial charge in [0.15, 0.2) is 0 Å². The minimum Gasteiger partial charge on any atom is -0.483 e. The van der Waals surface area contributed by atoms with E-state index in [4.69, 9.17) is 4.74 Å². The molecule has 0 N–H and O–H groups in total. The average molecular weight is 629 g/mol. The molecule has 7 aromatic carbocycles. The van der Waals surface area contributed by atoms with Crippen molar-refractivity contribution in [2.24, 2.45) is 0 Å². The van der Waals surface area contributed by atoms with Gasteiger partial charge in [0.05, 0.1) is 22.4 Å². The maximum absolute atomic E-state index is 6.70. The van der Waals surface area contributed by atoms with Crippen molar-refractivity contribution >= 4 is 49.6 Å². The van der Waals surface area contributed by atoms with Crippen LogP contribution in [0.25, 0.3) is 49.4 Å². The van der Waals surface area contributed by atoms with Gasteiger partial charge in [0.25, 0.3) is 0 Å². The Labute approximate surface area is 285 Å². The normalized spacial score (nSPS) is 16.2. The summed E-state index contributed by atoms with van der Waals surface area (Å²) in [4.78, 5) is 2.37. The quantitative estimate of drug-likeness (QED) is 0.189. The summed E-state index contributed by atoms with van der Waals surface area (Å²) in [7, 11) is 0. The second kappa shape index (κ2) is 11.1. The molecule has 0 amide bonds. The van der Waals surface area contributed by atoms with Crippen LogP contribution < -0.4 is 9.64 Å². The average Bonchev–Trinajstić information content (AvgIpc) is 3.72. The summed E-state index contributed by atoms with van der Waals surface area (Å²) in [6.45, 7) is 0. The first kappa shape index (κ1) is 27.8. The Morgan fingerprint density at radius 2 is 1.22 bits per heavy atom. The van der Waals surface area contributed by atoms with Gasteiger partial charge in [-0.25, -0.2) is 0 Å². The topological polar surface area (TPSA) is 17.4 Å². The number of allylic oxidation sites excluding steroid dienone is 2. The number of rotatable bonds is 5. The molecule has 1 aliphatic carbocycles. The van der Waals surface area contributed by atoms with Gasteiger partial charge in [-0.05, 0) is 77.2 Å². The van der Waals surface area contributed by atoms with Gasteiger partial charge >= 0.3 is 0 Å². The zero-order valence-electron chi connectivity index (χ0n) is 26.8. The van der Waals surface area contributed by atoms with Gasteiger partial charge in [0, 0.05) is 39.0 Å². The molecule has 2 heterocycles. The van der Waals surface area contributed by atoms with E-state index in [-0.39, 0.29) is 12.0 Å². The van der Waals surface area contributed by atoms with E-state index >= 15 is 0 Å². The zero-order valence-corrected chi connectivity index (χ0v) is 26.8. The first-order valence-electron chi connectivity index (χ1n) is 16.9. The van der Waals surface area contributed by atoms with Crippen LogP contribution in [-0.2, 0) is 0 Å². The van der Waals surface area contributed by atoms with Crippen molar-refractivity contribution in [3.8, 4) is 22.6 Å². The second-order valence-electron chi connectivity index (χ2n) is 12.8. The van der Waals surface area contributed by atoms with Crippen LogP contribution in [0.3, 0.4) is 0 Å². The molecule has 2 atom stereocenters. The number of nitrogens with zero attached hydrogens (tertiary/aromatic N) is 2. The third-order valence-corrected chi connectivity index (χ3v) is 10.1. The van der Waals surface area contributed by atoms with E-state index in [1.165, 1.54) is 55.0 Å². The van der Waals surface area contributed by atoms with E-state index in [1.807, 2.05) is 0 Å². The summed E-state index contributed by atoms with van der Waals surface area (Å²) in [6, 6.07) is 56.9. The van der Waals surface area contributed by atoms with Crippen molar-refractivity contribution in [1.82, 2.24) is 4.57 Å². The summed E-state index contributed by atoms with van der Waals surface area (Å²) in [5.41, 5.74) is 10.5. The van der Waals surface area contributed by atoms with E-state index in [0.29, 0.717) is 0 Å². The van der Waals surface area contributed by atoms with Crippen molar-refractivity contribution in [2.75, 3.05) is 4.90 Å². The van der Waals surface area contributed by atoms with Gasteiger partial charge in [-0.3, -0.25) is 0 Å². The van der Waals surface area contributed by atoms with E-state index in [2.05, 4.69) is 191 Å². The summed E-state index contributed by atoms with van der Waals surface area (Å²) >= 11 is 0. The number of hydrogen-bond acceptors (Lipinski definition) is 2. The van der Waals surface area contributed by atoms with E-state index in [1.54, 1.807) is 0 Å². The van der Waals surface area contributed by atoms with Crippen molar-refractivity contribution in [1.29, 1.82) is 0 Å². The Kier molecular flexibility index (Phi) is 6.31. The molecule has 1 aliphatic heterocycles. The van der Waals surface area contributed by atoms with Crippen LogP contribution in [0.1, 0.15) is 11.5 Å². The fourth-order valence-electron chi connectivity index (χ4n) is 7.94. The molecular formula is C46H32N2O. The highest BCUT2D eigenvalue weighted by molar-refractivity contribution is 6.12. The van der Waals surface area contributed by atoms with Gasteiger partial charge in [0.2, 0.25) is 0 Å². The Morgan fingerprint density at radius 1 is 0.510 bits per heavy atom. The molecule has 49 heavy (non-hydrogen) atoms. The molecule has 0 saturated heterocycles. The predicted octanol–water partition coefficient (Wildman–Crippen LogP) is 12.0. The highest BCUT2D eigenvalue weighted by Gasteiger charge is 2.35.